The summed E-state index contributed by atoms with van der Waals surface area (Å²) in [4.78, 5) is 2.08. The first kappa shape index (κ1) is 19.0. The molecule has 134 valence electrons. The average Bonchev–Trinajstić information content (AvgIpc) is 2.60. The second-order valence-electron chi connectivity index (χ2n) is 6.21. The standard InChI is InChI=1S/C21H27NO3/c1-22(2)14-16-25-20-12-8-18(9-13-20)21(5-3-4-15-23)17-6-10-19(24)11-7-17/h5-13,23-24H,3-4,14-16H2,1-2H3/b21-5+. The van der Waals surface area contributed by atoms with Crippen LogP contribution in [0, 0.1) is 0 Å². The Balaban J connectivity index is 2.16. The van der Waals surface area contributed by atoms with E-state index in [-0.39, 0.29) is 12.4 Å². The lowest BCUT2D eigenvalue weighted by Gasteiger charge is -2.13. The Hall–Kier alpha value is -2.30. The van der Waals surface area contributed by atoms with E-state index in [1.54, 1.807) is 12.1 Å². The highest BCUT2D eigenvalue weighted by Crippen LogP contribution is 2.27. The molecule has 0 amide bonds. The van der Waals surface area contributed by atoms with Gasteiger partial charge in [0, 0.05) is 13.2 Å². The topological polar surface area (TPSA) is 52.9 Å². The van der Waals surface area contributed by atoms with E-state index in [2.05, 4.69) is 11.0 Å². The number of hydrogen-bond acceptors (Lipinski definition) is 4. The molecule has 0 saturated carbocycles. The number of phenols is 1. The van der Waals surface area contributed by atoms with E-state index < -0.39 is 0 Å². The highest BCUT2D eigenvalue weighted by molar-refractivity contribution is 5.80. The number of unbranched alkanes of at least 4 members (excludes halogenated alkanes) is 1. The lowest BCUT2D eigenvalue weighted by Crippen LogP contribution is -2.19. The van der Waals surface area contributed by atoms with Crippen molar-refractivity contribution in [3.05, 3.63) is 65.7 Å². The molecule has 0 radical (unpaired) electrons. The number of ether oxygens (including phenoxy) is 1. The van der Waals surface area contributed by atoms with Gasteiger partial charge < -0.3 is 19.8 Å². The normalized spacial score (nSPS) is 11.8. The van der Waals surface area contributed by atoms with Gasteiger partial charge in [0.25, 0.3) is 0 Å². The maximum absolute atomic E-state index is 9.51. The second-order valence-corrected chi connectivity index (χ2v) is 6.21. The maximum atomic E-state index is 9.51. The molecular weight excluding hydrogens is 314 g/mol. The first-order valence-electron chi connectivity index (χ1n) is 8.58. The molecule has 0 aliphatic heterocycles. The summed E-state index contributed by atoms with van der Waals surface area (Å²) in [5, 5.41) is 18.5. The van der Waals surface area contributed by atoms with Crippen molar-refractivity contribution in [1.82, 2.24) is 4.90 Å². The first-order chi connectivity index (χ1) is 12.1. The largest absolute Gasteiger partial charge is 0.508 e. The molecule has 0 bridgehead atoms. The van der Waals surface area contributed by atoms with Gasteiger partial charge >= 0.3 is 0 Å². The van der Waals surface area contributed by atoms with Crippen LogP contribution in [0.3, 0.4) is 0 Å². The number of allylic oxidation sites excluding steroid dienone is 1. The van der Waals surface area contributed by atoms with Crippen LogP contribution in [0.25, 0.3) is 5.57 Å². The Bertz CT molecular complexity index is 661. The van der Waals surface area contributed by atoms with Crippen molar-refractivity contribution >= 4 is 5.57 Å². The average molecular weight is 341 g/mol. The van der Waals surface area contributed by atoms with Gasteiger partial charge in [0.2, 0.25) is 0 Å². The fraction of sp³-hybridized carbons (Fsp3) is 0.333. The fourth-order valence-electron chi connectivity index (χ4n) is 2.46. The van der Waals surface area contributed by atoms with Gasteiger partial charge in [0.15, 0.2) is 0 Å². The molecule has 0 fully saturated rings. The van der Waals surface area contributed by atoms with Gasteiger partial charge in [0.1, 0.15) is 18.1 Å². The van der Waals surface area contributed by atoms with Crippen molar-refractivity contribution in [2.45, 2.75) is 12.8 Å². The number of likely N-dealkylation sites (N-methyl/N-ethyl adjacent to an activating group) is 1. The molecule has 0 atom stereocenters. The lowest BCUT2D eigenvalue weighted by molar-refractivity contribution is 0.261. The highest BCUT2D eigenvalue weighted by Gasteiger charge is 2.06. The van der Waals surface area contributed by atoms with Crippen LogP contribution in [-0.4, -0.2) is 49.0 Å². The van der Waals surface area contributed by atoms with Crippen molar-refractivity contribution in [1.29, 1.82) is 0 Å². The fourth-order valence-corrected chi connectivity index (χ4v) is 2.46. The minimum Gasteiger partial charge on any atom is -0.508 e. The van der Waals surface area contributed by atoms with Gasteiger partial charge in [-0.15, -0.1) is 0 Å². The Morgan fingerprint density at radius 1 is 1.00 bits per heavy atom. The van der Waals surface area contributed by atoms with Gasteiger partial charge in [-0.1, -0.05) is 30.3 Å². The molecule has 4 heteroatoms. The molecule has 0 aliphatic carbocycles. The van der Waals surface area contributed by atoms with Crippen LogP contribution in [0.4, 0.5) is 0 Å². The zero-order valence-electron chi connectivity index (χ0n) is 15.0. The number of benzene rings is 2. The summed E-state index contributed by atoms with van der Waals surface area (Å²) >= 11 is 0. The number of rotatable bonds is 9. The summed E-state index contributed by atoms with van der Waals surface area (Å²) in [5.74, 6) is 1.11. The quantitative estimate of drug-likeness (QED) is 0.685. The number of aliphatic hydroxyl groups is 1. The third kappa shape index (κ3) is 6.25. The smallest absolute Gasteiger partial charge is 0.119 e. The van der Waals surface area contributed by atoms with Crippen LogP contribution in [0.2, 0.25) is 0 Å². The Morgan fingerprint density at radius 2 is 1.60 bits per heavy atom. The van der Waals surface area contributed by atoms with Gasteiger partial charge in [-0.25, -0.2) is 0 Å². The number of phenolic OH excluding ortho intramolecular Hbond substituents is 1. The van der Waals surface area contributed by atoms with Crippen LogP contribution < -0.4 is 4.74 Å². The van der Waals surface area contributed by atoms with Crippen molar-refractivity contribution in [2.24, 2.45) is 0 Å². The summed E-state index contributed by atoms with van der Waals surface area (Å²) < 4.78 is 5.74. The van der Waals surface area contributed by atoms with Crippen LogP contribution in [0.5, 0.6) is 11.5 Å². The van der Waals surface area contributed by atoms with Gasteiger partial charge in [0.05, 0.1) is 0 Å². The van der Waals surface area contributed by atoms with Crippen LogP contribution >= 0.6 is 0 Å². The molecule has 0 aliphatic rings. The Labute approximate surface area is 150 Å². The molecule has 2 rings (SSSR count). The lowest BCUT2D eigenvalue weighted by atomic mass is 9.96. The molecule has 2 aromatic rings. The molecule has 0 aromatic heterocycles. The summed E-state index contributed by atoms with van der Waals surface area (Å²) in [7, 11) is 4.04. The number of hydrogen-bond donors (Lipinski definition) is 2. The molecule has 0 unspecified atom stereocenters. The third-order valence-corrected chi connectivity index (χ3v) is 3.86. The van der Waals surface area contributed by atoms with Gasteiger partial charge in [-0.05, 0) is 67.9 Å². The van der Waals surface area contributed by atoms with Gasteiger partial charge in [-0.2, -0.15) is 0 Å². The first-order valence-corrected chi connectivity index (χ1v) is 8.58. The SMILES string of the molecule is CN(C)CCOc1ccc(/C(=C/CCCO)c2ccc(O)cc2)cc1. The molecule has 0 heterocycles. The van der Waals surface area contributed by atoms with E-state index >= 15 is 0 Å². The third-order valence-electron chi connectivity index (χ3n) is 3.86. The monoisotopic (exact) mass is 341 g/mol. The number of aromatic hydroxyl groups is 1. The van der Waals surface area contributed by atoms with E-state index in [4.69, 9.17) is 9.84 Å². The van der Waals surface area contributed by atoms with E-state index in [1.807, 2.05) is 50.5 Å². The minimum atomic E-state index is 0.179. The molecule has 2 aromatic carbocycles. The van der Waals surface area contributed by atoms with E-state index in [0.717, 1.165) is 41.8 Å². The second kappa shape index (κ2) is 9.87. The summed E-state index contributed by atoms with van der Waals surface area (Å²) in [6.45, 7) is 1.71. The predicted octanol–water partition coefficient (Wildman–Crippen LogP) is 3.54. The summed E-state index contributed by atoms with van der Waals surface area (Å²) in [5.41, 5.74) is 3.22. The molecule has 0 saturated heterocycles. The van der Waals surface area contributed by atoms with E-state index in [9.17, 15) is 5.11 Å². The molecule has 4 nitrogen and oxygen atoms in total. The number of aliphatic hydroxyl groups excluding tert-OH is 1. The van der Waals surface area contributed by atoms with Crippen LogP contribution in [0.1, 0.15) is 24.0 Å². The molecule has 2 N–H and O–H groups in total. The van der Waals surface area contributed by atoms with Crippen molar-refractivity contribution in [3.63, 3.8) is 0 Å². The Morgan fingerprint density at radius 3 is 2.16 bits per heavy atom. The molecule has 0 spiro atoms. The highest BCUT2D eigenvalue weighted by atomic mass is 16.5. The summed E-state index contributed by atoms with van der Waals surface area (Å²) in [6.07, 6.45) is 3.66. The van der Waals surface area contributed by atoms with Crippen LogP contribution in [0.15, 0.2) is 54.6 Å². The molecule has 25 heavy (non-hydrogen) atoms. The van der Waals surface area contributed by atoms with Gasteiger partial charge in [-0.3, -0.25) is 0 Å². The zero-order valence-corrected chi connectivity index (χ0v) is 15.0. The predicted molar refractivity (Wildman–Crippen MR) is 102 cm³/mol. The van der Waals surface area contributed by atoms with E-state index in [1.165, 1.54) is 0 Å². The van der Waals surface area contributed by atoms with Crippen molar-refractivity contribution < 1.29 is 14.9 Å². The minimum absolute atomic E-state index is 0.179. The van der Waals surface area contributed by atoms with Crippen molar-refractivity contribution in [3.8, 4) is 11.5 Å². The zero-order chi connectivity index (χ0) is 18.1. The van der Waals surface area contributed by atoms with E-state index in [0.29, 0.717) is 6.61 Å². The maximum Gasteiger partial charge on any atom is 0.119 e. The summed E-state index contributed by atoms with van der Waals surface area (Å²) in [6, 6.07) is 15.2. The number of nitrogens with zero attached hydrogens (tertiary/aromatic N) is 1. The van der Waals surface area contributed by atoms with Crippen molar-refractivity contribution in [2.75, 3.05) is 33.9 Å². The molecular formula is C21H27NO3. The van der Waals surface area contributed by atoms with Crippen LogP contribution in [-0.2, 0) is 0 Å². The Kier molecular flexibility index (Phi) is 7.51.